The van der Waals surface area contributed by atoms with Gasteiger partial charge in [0.25, 0.3) is 0 Å². The number of aliphatic hydroxyl groups is 1. The summed E-state index contributed by atoms with van der Waals surface area (Å²) in [5, 5.41) is 14.1. The lowest BCUT2D eigenvalue weighted by atomic mass is 10.2. The Hall–Kier alpha value is -0.490. The van der Waals surface area contributed by atoms with Crippen LogP contribution >= 0.6 is 11.3 Å². The van der Waals surface area contributed by atoms with E-state index in [9.17, 15) is 5.11 Å². The molecule has 5 heteroatoms. The average Bonchev–Trinajstić information content (AvgIpc) is 2.72. The van der Waals surface area contributed by atoms with E-state index in [0.717, 1.165) is 5.01 Å². The summed E-state index contributed by atoms with van der Waals surface area (Å²) in [4.78, 5) is 5.53. The van der Waals surface area contributed by atoms with Crippen LogP contribution in [0, 0.1) is 12.8 Å². The molecule has 1 aromatic heterocycles. The number of aliphatic hydroxyl groups excluding tert-OH is 1. The highest BCUT2D eigenvalue weighted by Crippen LogP contribution is 2.18. The third-order valence-corrected chi connectivity index (χ3v) is 3.53. The first-order valence-electron chi connectivity index (χ1n) is 6.40. The lowest BCUT2D eigenvalue weighted by molar-refractivity contribution is 0.0252. The maximum absolute atomic E-state index is 9.76. The summed E-state index contributed by atoms with van der Waals surface area (Å²) in [6.45, 7) is 9.89. The third-order valence-electron chi connectivity index (χ3n) is 2.43. The van der Waals surface area contributed by atoms with Crippen LogP contribution in [-0.4, -0.2) is 36.0 Å². The number of hydrogen-bond acceptors (Lipinski definition) is 5. The lowest BCUT2D eigenvalue weighted by Crippen LogP contribution is -2.32. The third kappa shape index (κ3) is 5.91. The second-order valence-corrected chi connectivity index (χ2v) is 6.29. The molecular weight excluding hydrogens is 248 g/mol. The highest BCUT2D eigenvalue weighted by molar-refractivity contribution is 7.11. The molecule has 4 nitrogen and oxygen atoms in total. The van der Waals surface area contributed by atoms with E-state index in [4.69, 9.17) is 4.74 Å². The minimum atomic E-state index is -0.466. The summed E-state index contributed by atoms with van der Waals surface area (Å²) >= 11 is 1.68. The van der Waals surface area contributed by atoms with Crippen molar-refractivity contribution in [3.8, 4) is 0 Å². The van der Waals surface area contributed by atoms with Crippen LogP contribution in [-0.2, 0) is 4.74 Å². The van der Waals surface area contributed by atoms with Crippen molar-refractivity contribution >= 4 is 11.3 Å². The Morgan fingerprint density at radius 1 is 1.39 bits per heavy atom. The number of aryl methyl sites for hydroxylation is 1. The van der Waals surface area contributed by atoms with E-state index in [1.165, 1.54) is 4.88 Å². The SMILES string of the molecule is Cc1cnc(C(C)NCC(O)COCC(C)C)s1. The normalized spacial score (nSPS) is 15.0. The van der Waals surface area contributed by atoms with Crippen molar-refractivity contribution in [3.05, 3.63) is 16.1 Å². The van der Waals surface area contributed by atoms with Crippen LogP contribution in [0.25, 0.3) is 0 Å². The number of aromatic nitrogens is 1. The minimum Gasteiger partial charge on any atom is -0.389 e. The molecule has 0 saturated carbocycles. The van der Waals surface area contributed by atoms with Gasteiger partial charge < -0.3 is 15.2 Å². The number of ether oxygens (including phenoxy) is 1. The van der Waals surface area contributed by atoms with Crippen LogP contribution in [0.2, 0.25) is 0 Å². The summed E-state index contributed by atoms with van der Waals surface area (Å²) in [5.41, 5.74) is 0. The lowest BCUT2D eigenvalue weighted by Gasteiger charge is -2.16. The molecule has 2 unspecified atom stereocenters. The van der Waals surface area contributed by atoms with Crippen molar-refractivity contribution in [1.29, 1.82) is 0 Å². The summed E-state index contributed by atoms with van der Waals surface area (Å²) in [5.74, 6) is 0.502. The smallest absolute Gasteiger partial charge is 0.109 e. The maximum Gasteiger partial charge on any atom is 0.109 e. The molecule has 0 fully saturated rings. The summed E-state index contributed by atoms with van der Waals surface area (Å²) in [6.07, 6.45) is 1.41. The van der Waals surface area contributed by atoms with Crippen molar-refractivity contribution in [2.24, 2.45) is 5.92 Å². The van der Waals surface area contributed by atoms with E-state index in [-0.39, 0.29) is 6.04 Å². The zero-order valence-corrected chi connectivity index (χ0v) is 12.5. The fraction of sp³-hybridized carbons (Fsp3) is 0.769. The zero-order valence-electron chi connectivity index (χ0n) is 11.6. The number of nitrogens with zero attached hydrogens (tertiary/aromatic N) is 1. The molecular formula is C13H24N2O2S. The standard InChI is InChI=1S/C13H24N2O2S/c1-9(2)7-17-8-12(16)6-14-11(4)13-15-5-10(3)18-13/h5,9,11-12,14,16H,6-8H2,1-4H3. The van der Waals surface area contributed by atoms with Gasteiger partial charge in [0.1, 0.15) is 5.01 Å². The van der Waals surface area contributed by atoms with Crippen molar-refractivity contribution in [3.63, 3.8) is 0 Å². The molecule has 2 atom stereocenters. The molecule has 0 aromatic carbocycles. The van der Waals surface area contributed by atoms with Crippen LogP contribution in [0.3, 0.4) is 0 Å². The Kier molecular flexibility index (Phi) is 6.78. The Balaban J connectivity index is 2.19. The van der Waals surface area contributed by atoms with Crippen molar-refractivity contribution in [2.75, 3.05) is 19.8 Å². The summed E-state index contributed by atoms with van der Waals surface area (Å²) in [7, 11) is 0. The van der Waals surface area contributed by atoms with Crippen LogP contribution in [0.5, 0.6) is 0 Å². The first-order valence-corrected chi connectivity index (χ1v) is 7.22. The van der Waals surface area contributed by atoms with Gasteiger partial charge in [0.05, 0.1) is 18.8 Å². The summed E-state index contributed by atoms with van der Waals surface area (Å²) in [6, 6.07) is 0.170. The van der Waals surface area contributed by atoms with E-state index in [0.29, 0.717) is 25.7 Å². The largest absolute Gasteiger partial charge is 0.389 e. The maximum atomic E-state index is 9.76. The van der Waals surface area contributed by atoms with E-state index >= 15 is 0 Å². The molecule has 1 heterocycles. The van der Waals surface area contributed by atoms with E-state index < -0.39 is 6.10 Å². The Bertz CT molecular complexity index is 341. The molecule has 0 spiro atoms. The fourth-order valence-electron chi connectivity index (χ4n) is 1.47. The van der Waals surface area contributed by atoms with E-state index in [1.807, 2.05) is 13.1 Å². The fourth-order valence-corrected chi connectivity index (χ4v) is 2.27. The van der Waals surface area contributed by atoms with Crippen molar-refractivity contribution < 1.29 is 9.84 Å². The molecule has 0 amide bonds. The average molecular weight is 272 g/mol. The van der Waals surface area contributed by atoms with Gasteiger partial charge in [-0.2, -0.15) is 0 Å². The molecule has 0 aliphatic heterocycles. The van der Waals surface area contributed by atoms with Gasteiger partial charge in [0.15, 0.2) is 0 Å². The minimum absolute atomic E-state index is 0.170. The molecule has 18 heavy (non-hydrogen) atoms. The van der Waals surface area contributed by atoms with Gasteiger partial charge in [-0.15, -0.1) is 11.3 Å². The van der Waals surface area contributed by atoms with E-state index in [2.05, 4.69) is 31.1 Å². The number of hydrogen-bond donors (Lipinski definition) is 2. The quantitative estimate of drug-likeness (QED) is 0.761. The molecule has 1 rings (SSSR count). The van der Waals surface area contributed by atoms with Gasteiger partial charge in [0, 0.05) is 24.2 Å². The van der Waals surface area contributed by atoms with Crippen LogP contribution in [0.1, 0.15) is 36.7 Å². The Labute approximate surface area is 113 Å². The second kappa shape index (κ2) is 7.84. The first-order chi connectivity index (χ1) is 8.49. The molecule has 1 aromatic rings. The molecule has 0 radical (unpaired) electrons. The molecule has 104 valence electrons. The number of rotatable bonds is 8. The van der Waals surface area contributed by atoms with Gasteiger partial charge in [-0.05, 0) is 19.8 Å². The van der Waals surface area contributed by atoms with Crippen molar-refractivity contribution in [1.82, 2.24) is 10.3 Å². The Morgan fingerprint density at radius 2 is 2.11 bits per heavy atom. The predicted octanol–water partition coefficient (Wildman–Crippen LogP) is 2.14. The molecule has 0 saturated heterocycles. The van der Waals surface area contributed by atoms with Crippen LogP contribution in [0.15, 0.2) is 6.20 Å². The van der Waals surface area contributed by atoms with Gasteiger partial charge >= 0.3 is 0 Å². The van der Waals surface area contributed by atoms with Gasteiger partial charge in [-0.3, -0.25) is 0 Å². The van der Waals surface area contributed by atoms with Gasteiger partial charge in [0.2, 0.25) is 0 Å². The van der Waals surface area contributed by atoms with Gasteiger partial charge in [-0.25, -0.2) is 4.98 Å². The summed E-state index contributed by atoms with van der Waals surface area (Å²) < 4.78 is 5.40. The van der Waals surface area contributed by atoms with E-state index in [1.54, 1.807) is 11.3 Å². The van der Waals surface area contributed by atoms with Crippen molar-refractivity contribution in [2.45, 2.75) is 39.8 Å². The molecule has 0 aliphatic rings. The predicted molar refractivity (Wildman–Crippen MR) is 74.9 cm³/mol. The highest BCUT2D eigenvalue weighted by Gasteiger charge is 2.11. The van der Waals surface area contributed by atoms with Gasteiger partial charge in [-0.1, -0.05) is 13.8 Å². The monoisotopic (exact) mass is 272 g/mol. The Morgan fingerprint density at radius 3 is 2.67 bits per heavy atom. The van der Waals surface area contributed by atoms with Crippen LogP contribution in [0.4, 0.5) is 0 Å². The molecule has 0 bridgehead atoms. The topological polar surface area (TPSA) is 54.4 Å². The first kappa shape index (κ1) is 15.6. The molecule has 2 N–H and O–H groups in total. The second-order valence-electron chi connectivity index (χ2n) is 5.02. The zero-order chi connectivity index (χ0) is 13.5. The van der Waals surface area contributed by atoms with Crippen LogP contribution < -0.4 is 5.32 Å². The number of nitrogens with one attached hydrogen (secondary N) is 1. The molecule has 0 aliphatic carbocycles. The number of thiazole rings is 1. The highest BCUT2D eigenvalue weighted by atomic mass is 32.1.